The van der Waals surface area contributed by atoms with Gasteiger partial charge in [0, 0.05) is 13.7 Å². The zero-order chi connectivity index (χ0) is 18.8. The van der Waals surface area contributed by atoms with E-state index in [0.717, 1.165) is 29.8 Å². The molecule has 0 saturated carbocycles. The van der Waals surface area contributed by atoms with Crippen molar-refractivity contribution in [2.75, 3.05) is 13.7 Å². The van der Waals surface area contributed by atoms with E-state index in [0.29, 0.717) is 0 Å². The quantitative estimate of drug-likeness (QED) is 0.563. The lowest BCUT2D eigenvalue weighted by Crippen LogP contribution is -2.31. The maximum Gasteiger partial charge on any atom is 0.246 e. The molecule has 2 aromatic rings. The minimum absolute atomic E-state index is 0.0718. The molecule has 0 aliphatic rings. The van der Waals surface area contributed by atoms with Crippen molar-refractivity contribution < 1.29 is 9.53 Å². The number of carbonyl (C=O) groups is 1. The normalized spacial score (nSPS) is 12.4. The molecule has 2 rings (SSSR count). The lowest BCUT2D eigenvalue weighted by Gasteiger charge is -2.16. The number of hydrogen-bond acceptors (Lipinski definition) is 3. The van der Waals surface area contributed by atoms with Crippen LogP contribution >= 0.6 is 0 Å². The number of para-hydroxylation sites is 2. The van der Waals surface area contributed by atoms with Gasteiger partial charge in [0.1, 0.15) is 12.4 Å². The number of amides is 1. The predicted octanol–water partition coefficient (Wildman–Crippen LogP) is 4.61. The molecule has 1 N–H and O–H groups in total. The highest BCUT2D eigenvalue weighted by Crippen LogP contribution is 2.22. The Kier molecular flexibility index (Phi) is 8.62. The molecule has 1 aromatic heterocycles. The smallest absolute Gasteiger partial charge is 0.246 e. The molecule has 144 valence electrons. The number of nitrogens with zero attached hydrogens (tertiary/aromatic N) is 2. The van der Waals surface area contributed by atoms with Crippen LogP contribution in [0.2, 0.25) is 0 Å². The van der Waals surface area contributed by atoms with E-state index in [1.807, 2.05) is 25.1 Å². The molecular weight excluding hydrogens is 326 g/mol. The van der Waals surface area contributed by atoms with E-state index in [4.69, 9.17) is 9.72 Å². The molecule has 0 radical (unpaired) electrons. The third-order valence-corrected chi connectivity index (χ3v) is 4.71. The van der Waals surface area contributed by atoms with Gasteiger partial charge in [-0.05, 0) is 25.5 Å². The first-order chi connectivity index (χ1) is 12.7. The second-order valence-corrected chi connectivity index (χ2v) is 6.95. The van der Waals surface area contributed by atoms with Crippen LogP contribution in [0.3, 0.4) is 0 Å². The van der Waals surface area contributed by atoms with Gasteiger partial charge in [-0.3, -0.25) is 4.79 Å². The fraction of sp³-hybridized carbons (Fsp3) is 0.619. The highest BCUT2D eigenvalue weighted by atomic mass is 16.5. The third kappa shape index (κ3) is 5.84. The lowest BCUT2D eigenvalue weighted by molar-refractivity contribution is -0.125. The third-order valence-electron chi connectivity index (χ3n) is 4.71. The molecule has 1 heterocycles. The van der Waals surface area contributed by atoms with Crippen molar-refractivity contribution in [2.24, 2.45) is 0 Å². The number of rotatable bonds is 12. The highest BCUT2D eigenvalue weighted by molar-refractivity contribution is 5.78. The molecule has 0 bridgehead atoms. The maximum absolute atomic E-state index is 11.9. The van der Waals surface area contributed by atoms with Gasteiger partial charge in [0.2, 0.25) is 5.91 Å². The summed E-state index contributed by atoms with van der Waals surface area (Å²) in [4.78, 5) is 16.6. The van der Waals surface area contributed by atoms with Crippen molar-refractivity contribution in [1.29, 1.82) is 0 Å². The minimum atomic E-state index is -0.144. The van der Waals surface area contributed by atoms with Crippen LogP contribution < -0.4 is 5.32 Å². The molecule has 0 aliphatic heterocycles. The number of unbranched alkanes of at least 4 members (excludes halogenated alkanes) is 6. The summed E-state index contributed by atoms with van der Waals surface area (Å²) in [5.74, 6) is 0.802. The Morgan fingerprint density at radius 1 is 1.15 bits per heavy atom. The Bertz CT molecular complexity index is 681. The number of benzene rings is 1. The van der Waals surface area contributed by atoms with Gasteiger partial charge in [0.15, 0.2) is 0 Å². The van der Waals surface area contributed by atoms with E-state index in [1.165, 1.54) is 45.6 Å². The molecule has 1 unspecified atom stereocenters. The second kappa shape index (κ2) is 11.0. The van der Waals surface area contributed by atoms with Gasteiger partial charge in [-0.25, -0.2) is 4.98 Å². The molecule has 5 heteroatoms. The fourth-order valence-electron chi connectivity index (χ4n) is 3.37. The summed E-state index contributed by atoms with van der Waals surface area (Å²) in [7, 11) is 1.53. The summed E-state index contributed by atoms with van der Waals surface area (Å²) in [6.07, 6.45) is 8.97. The van der Waals surface area contributed by atoms with Gasteiger partial charge in [0.25, 0.3) is 0 Å². The summed E-state index contributed by atoms with van der Waals surface area (Å²) in [5.41, 5.74) is 2.12. The van der Waals surface area contributed by atoms with Crippen LogP contribution in [0.4, 0.5) is 0 Å². The standard InChI is InChI=1S/C21H33N3O2/c1-4-5-6-7-8-9-12-15-24-19-14-11-10-13-18(19)23-21(24)17(2)22-20(25)16-26-3/h10-11,13-14,17H,4-9,12,15-16H2,1-3H3,(H,22,25). The monoisotopic (exact) mass is 359 g/mol. The topological polar surface area (TPSA) is 56.2 Å². The van der Waals surface area contributed by atoms with E-state index in [2.05, 4.69) is 22.9 Å². The van der Waals surface area contributed by atoms with E-state index in [1.54, 1.807) is 0 Å². The molecule has 1 aromatic carbocycles. The number of ether oxygens (including phenoxy) is 1. The van der Waals surface area contributed by atoms with Crippen LogP contribution in [0.1, 0.15) is 70.7 Å². The second-order valence-electron chi connectivity index (χ2n) is 6.95. The Labute approximate surface area is 157 Å². The Hall–Kier alpha value is -1.88. The lowest BCUT2D eigenvalue weighted by atomic mass is 10.1. The van der Waals surface area contributed by atoms with E-state index in [-0.39, 0.29) is 18.6 Å². The summed E-state index contributed by atoms with van der Waals surface area (Å²) >= 11 is 0. The van der Waals surface area contributed by atoms with Crippen LogP contribution in [0.15, 0.2) is 24.3 Å². The molecule has 1 amide bonds. The number of imidazole rings is 1. The first-order valence-electron chi connectivity index (χ1n) is 9.90. The van der Waals surface area contributed by atoms with Crippen molar-refractivity contribution in [3.8, 4) is 0 Å². The number of fused-ring (bicyclic) bond motifs is 1. The van der Waals surface area contributed by atoms with Crippen LogP contribution in [-0.4, -0.2) is 29.2 Å². The molecule has 26 heavy (non-hydrogen) atoms. The van der Waals surface area contributed by atoms with Crippen LogP contribution in [-0.2, 0) is 16.1 Å². The Balaban J connectivity index is 2.02. The Morgan fingerprint density at radius 3 is 2.58 bits per heavy atom. The predicted molar refractivity (Wildman–Crippen MR) is 106 cm³/mol. The number of hydrogen-bond donors (Lipinski definition) is 1. The molecule has 0 saturated heterocycles. The van der Waals surface area contributed by atoms with Crippen molar-refractivity contribution in [3.63, 3.8) is 0 Å². The first-order valence-corrected chi connectivity index (χ1v) is 9.90. The highest BCUT2D eigenvalue weighted by Gasteiger charge is 2.18. The van der Waals surface area contributed by atoms with Crippen LogP contribution in [0, 0.1) is 0 Å². The maximum atomic E-state index is 11.9. The van der Waals surface area contributed by atoms with E-state index < -0.39 is 0 Å². The van der Waals surface area contributed by atoms with Crippen molar-refractivity contribution in [3.05, 3.63) is 30.1 Å². The summed E-state index contributed by atoms with van der Waals surface area (Å²) in [5, 5.41) is 2.98. The number of aryl methyl sites for hydroxylation is 1. The molecule has 0 aliphatic carbocycles. The zero-order valence-electron chi connectivity index (χ0n) is 16.5. The number of nitrogens with one attached hydrogen (secondary N) is 1. The fourth-order valence-corrected chi connectivity index (χ4v) is 3.37. The van der Waals surface area contributed by atoms with Gasteiger partial charge >= 0.3 is 0 Å². The molecule has 0 spiro atoms. The van der Waals surface area contributed by atoms with Crippen molar-refractivity contribution >= 4 is 16.9 Å². The van der Waals surface area contributed by atoms with Gasteiger partial charge < -0.3 is 14.6 Å². The molecular formula is C21H33N3O2. The molecule has 5 nitrogen and oxygen atoms in total. The summed E-state index contributed by atoms with van der Waals surface area (Å²) < 4.78 is 7.17. The molecule has 1 atom stereocenters. The van der Waals surface area contributed by atoms with Crippen molar-refractivity contribution in [2.45, 2.75) is 71.4 Å². The van der Waals surface area contributed by atoms with Crippen molar-refractivity contribution in [1.82, 2.24) is 14.9 Å². The SMILES string of the molecule is CCCCCCCCCn1c(C(C)NC(=O)COC)nc2ccccc21. The largest absolute Gasteiger partial charge is 0.375 e. The van der Waals surface area contributed by atoms with E-state index in [9.17, 15) is 4.79 Å². The number of aromatic nitrogens is 2. The molecule has 0 fully saturated rings. The van der Waals surface area contributed by atoms with Gasteiger partial charge in [-0.15, -0.1) is 0 Å². The zero-order valence-corrected chi connectivity index (χ0v) is 16.5. The van der Waals surface area contributed by atoms with E-state index >= 15 is 0 Å². The average molecular weight is 360 g/mol. The number of carbonyl (C=O) groups excluding carboxylic acids is 1. The Morgan fingerprint density at radius 2 is 1.85 bits per heavy atom. The minimum Gasteiger partial charge on any atom is -0.375 e. The van der Waals surface area contributed by atoms with Gasteiger partial charge in [-0.2, -0.15) is 0 Å². The van der Waals surface area contributed by atoms with Gasteiger partial charge in [0.05, 0.1) is 17.1 Å². The summed E-state index contributed by atoms with van der Waals surface area (Å²) in [6, 6.07) is 8.05. The van der Waals surface area contributed by atoms with Crippen LogP contribution in [0.5, 0.6) is 0 Å². The average Bonchev–Trinajstić information content (AvgIpc) is 3.00. The summed E-state index contributed by atoms with van der Waals surface area (Å²) in [6.45, 7) is 5.24. The number of methoxy groups -OCH3 is 1. The van der Waals surface area contributed by atoms with Crippen LogP contribution in [0.25, 0.3) is 11.0 Å². The van der Waals surface area contributed by atoms with Gasteiger partial charge in [-0.1, -0.05) is 57.6 Å². The first kappa shape index (κ1) is 20.4.